The molecule has 0 bridgehead atoms. The fourth-order valence-corrected chi connectivity index (χ4v) is 3.35. The molecule has 3 aromatic rings. The smallest absolute Gasteiger partial charge is 0.253 e. The number of amides is 1. The Hall–Kier alpha value is -2.92. The minimum atomic E-state index is 0.0206. The van der Waals surface area contributed by atoms with Gasteiger partial charge in [0, 0.05) is 44.6 Å². The van der Waals surface area contributed by atoms with Crippen molar-refractivity contribution < 1.29 is 4.79 Å². The van der Waals surface area contributed by atoms with E-state index in [9.17, 15) is 4.79 Å². The molecule has 0 aliphatic heterocycles. The van der Waals surface area contributed by atoms with Gasteiger partial charge < -0.3 is 15.2 Å². The number of imidazole rings is 1. The van der Waals surface area contributed by atoms with Gasteiger partial charge in [0.05, 0.1) is 6.33 Å². The second-order valence-corrected chi connectivity index (χ2v) is 7.01. The van der Waals surface area contributed by atoms with Crippen LogP contribution in [0.15, 0.2) is 55.1 Å². The van der Waals surface area contributed by atoms with E-state index in [2.05, 4.69) is 29.2 Å². The number of hydrogen-bond acceptors (Lipinski definition) is 3. The topological polar surface area (TPSA) is 64.2 Å². The van der Waals surface area contributed by atoms with Gasteiger partial charge >= 0.3 is 0 Å². The highest BCUT2D eigenvalue weighted by Crippen LogP contribution is 2.18. The van der Waals surface area contributed by atoms with Crippen LogP contribution in [-0.2, 0) is 19.6 Å². The quantitative estimate of drug-likeness (QED) is 0.732. The normalized spacial score (nSPS) is 10.8. The first-order chi connectivity index (χ1) is 13.0. The number of carbonyl (C=O) groups is 1. The first-order valence-electron chi connectivity index (χ1n) is 9.07. The summed E-state index contributed by atoms with van der Waals surface area (Å²) in [6.45, 7) is 5.87. The molecule has 1 aromatic heterocycles. The van der Waals surface area contributed by atoms with Gasteiger partial charge in [-0.15, -0.1) is 0 Å². The molecule has 0 unspecified atom stereocenters. The molecule has 0 radical (unpaired) electrons. The summed E-state index contributed by atoms with van der Waals surface area (Å²) in [6, 6.07) is 12.2. The molecule has 5 heteroatoms. The molecule has 0 saturated heterocycles. The van der Waals surface area contributed by atoms with E-state index >= 15 is 0 Å². The third-order valence-electron chi connectivity index (χ3n) is 4.86. The van der Waals surface area contributed by atoms with E-state index in [1.54, 1.807) is 17.4 Å². The molecule has 27 heavy (non-hydrogen) atoms. The zero-order chi connectivity index (χ0) is 19.4. The Bertz CT molecular complexity index is 891. The van der Waals surface area contributed by atoms with Crippen LogP contribution in [0.4, 0.5) is 0 Å². The van der Waals surface area contributed by atoms with Crippen molar-refractivity contribution in [3.05, 3.63) is 88.5 Å². The Labute approximate surface area is 160 Å². The van der Waals surface area contributed by atoms with Crippen LogP contribution in [0.1, 0.15) is 38.2 Å². The van der Waals surface area contributed by atoms with E-state index in [0.717, 1.165) is 28.8 Å². The predicted octanol–water partition coefficient (Wildman–Crippen LogP) is 3.28. The highest BCUT2D eigenvalue weighted by molar-refractivity contribution is 5.94. The molecular formula is C22H26N4O. The summed E-state index contributed by atoms with van der Waals surface area (Å²) in [4.78, 5) is 18.6. The van der Waals surface area contributed by atoms with Gasteiger partial charge in [0.1, 0.15) is 0 Å². The summed E-state index contributed by atoms with van der Waals surface area (Å²) >= 11 is 0. The molecule has 0 aliphatic rings. The summed E-state index contributed by atoms with van der Waals surface area (Å²) in [5, 5.41) is 0. The minimum absolute atomic E-state index is 0.0206. The Morgan fingerprint density at radius 1 is 1.11 bits per heavy atom. The van der Waals surface area contributed by atoms with E-state index < -0.39 is 0 Å². The summed E-state index contributed by atoms with van der Waals surface area (Å²) < 4.78 is 2.03. The van der Waals surface area contributed by atoms with Crippen molar-refractivity contribution in [3.8, 4) is 0 Å². The number of nitrogens with two attached hydrogens (primary N) is 1. The second-order valence-electron chi connectivity index (χ2n) is 7.01. The first-order valence-corrected chi connectivity index (χ1v) is 9.07. The van der Waals surface area contributed by atoms with Crippen molar-refractivity contribution in [3.63, 3.8) is 0 Å². The van der Waals surface area contributed by atoms with Crippen LogP contribution in [0, 0.1) is 13.8 Å². The molecule has 0 atom stereocenters. The molecule has 140 valence electrons. The van der Waals surface area contributed by atoms with E-state index in [1.165, 1.54) is 5.56 Å². The lowest BCUT2D eigenvalue weighted by molar-refractivity contribution is 0.0785. The maximum atomic E-state index is 12.8. The average molecular weight is 362 g/mol. The van der Waals surface area contributed by atoms with Gasteiger partial charge in [-0.1, -0.05) is 24.3 Å². The monoisotopic (exact) mass is 362 g/mol. The number of hydrogen-bond donors (Lipinski definition) is 1. The molecule has 5 nitrogen and oxygen atoms in total. The van der Waals surface area contributed by atoms with Crippen LogP contribution < -0.4 is 5.73 Å². The molecule has 0 fully saturated rings. The first kappa shape index (κ1) is 18.9. The lowest BCUT2D eigenvalue weighted by Gasteiger charge is -2.19. The standard InChI is InChI=1S/C22H26N4O/c1-16-10-20(11-17(2)21(16)12-23)22(27)25(3)13-18-4-6-19(7-5-18)14-26-9-8-24-15-26/h4-11,15H,12-14,23H2,1-3H3. The zero-order valence-electron chi connectivity index (χ0n) is 16.1. The molecule has 0 spiro atoms. The van der Waals surface area contributed by atoms with Crippen LogP contribution >= 0.6 is 0 Å². The fourth-order valence-electron chi connectivity index (χ4n) is 3.35. The number of benzene rings is 2. The lowest BCUT2D eigenvalue weighted by atomic mass is 9.98. The fraction of sp³-hybridized carbons (Fsp3) is 0.273. The Morgan fingerprint density at radius 3 is 2.30 bits per heavy atom. The predicted molar refractivity (Wildman–Crippen MR) is 107 cm³/mol. The molecule has 1 heterocycles. The molecule has 0 saturated carbocycles. The van der Waals surface area contributed by atoms with Gasteiger partial charge in [-0.3, -0.25) is 4.79 Å². The molecule has 3 rings (SSSR count). The van der Waals surface area contributed by atoms with Crippen molar-refractivity contribution >= 4 is 5.91 Å². The lowest BCUT2D eigenvalue weighted by Crippen LogP contribution is -2.26. The summed E-state index contributed by atoms with van der Waals surface area (Å²) in [5.41, 5.74) is 12.1. The molecule has 0 aliphatic carbocycles. The van der Waals surface area contributed by atoms with Crippen LogP contribution in [0.3, 0.4) is 0 Å². The van der Waals surface area contributed by atoms with Gasteiger partial charge in [0.2, 0.25) is 0 Å². The Morgan fingerprint density at radius 2 is 1.74 bits per heavy atom. The van der Waals surface area contributed by atoms with Gasteiger partial charge in [0.25, 0.3) is 5.91 Å². The highest BCUT2D eigenvalue weighted by Gasteiger charge is 2.14. The third-order valence-corrected chi connectivity index (χ3v) is 4.86. The van der Waals surface area contributed by atoms with Crippen molar-refractivity contribution in [2.45, 2.75) is 33.5 Å². The molecule has 2 N–H and O–H groups in total. The number of nitrogens with zero attached hydrogens (tertiary/aromatic N) is 3. The maximum Gasteiger partial charge on any atom is 0.253 e. The van der Waals surface area contributed by atoms with Gasteiger partial charge in [0.15, 0.2) is 0 Å². The number of rotatable bonds is 6. The van der Waals surface area contributed by atoms with Crippen LogP contribution in [-0.4, -0.2) is 27.4 Å². The third kappa shape index (κ3) is 4.44. The number of aromatic nitrogens is 2. The SMILES string of the molecule is Cc1cc(C(=O)N(C)Cc2ccc(Cn3ccnc3)cc2)cc(C)c1CN. The Balaban J connectivity index is 1.67. The summed E-state index contributed by atoms with van der Waals surface area (Å²) in [7, 11) is 1.84. The number of aryl methyl sites for hydroxylation is 2. The van der Waals surface area contributed by atoms with Crippen molar-refractivity contribution in [2.24, 2.45) is 5.73 Å². The van der Waals surface area contributed by atoms with Crippen LogP contribution in [0.5, 0.6) is 0 Å². The van der Waals surface area contributed by atoms with Crippen LogP contribution in [0.2, 0.25) is 0 Å². The number of carbonyl (C=O) groups excluding carboxylic acids is 1. The molecule has 2 aromatic carbocycles. The van der Waals surface area contributed by atoms with E-state index in [4.69, 9.17) is 5.73 Å². The summed E-state index contributed by atoms with van der Waals surface area (Å²) in [6.07, 6.45) is 5.53. The average Bonchev–Trinajstić information content (AvgIpc) is 3.15. The molecular weight excluding hydrogens is 336 g/mol. The van der Waals surface area contributed by atoms with Crippen molar-refractivity contribution in [1.29, 1.82) is 0 Å². The van der Waals surface area contributed by atoms with Crippen LogP contribution in [0.25, 0.3) is 0 Å². The van der Waals surface area contributed by atoms with Gasteiger partial charge in [-0.25, -0.2) is 4.98 Å². The van der Waals surface area contributed by atoms with Crippen molar-refractivity contribution in [1.82, 2.24) is 14.5 Å². The molecule has 1 amide bonds. The largest absolute Gasteiger partial charge is 0.337 e. The minimum Gasteiger partial charge on any atom is -0.337 e. The van der Waals surface area contributed by atoms with E-state index in [0.29, 0.717) is 18.7 Å². The zero-order valence-corrected chi connectivity index (χ0v) is 16.1. The maximum absolute atomic E-state index is 12.8. The Kier molecular flexibility index (Phi) is 5.72. The summed E-state index contributed by atoms with van der Waals surface area (Å²) in [5.74, 6) is 0.0206. The van der Waals surface area contributed by atoms with Crippen molar-refractivity contribution in [2.75, 3.05) is 7.05 Å². The highest BCUT2D eigenvalue weighted by atomic mass is 16.2. The van der Waals surface area contributed by atoms with E-state index in [-0.39, 0.29) is 5.91 Å². The van der Waals surface area contributed by atoms with E-state index in [1.807, 2.05) is 43.8 Å². The second kappa shape index (κ2) is 8.18. The van der Waals surface area contributed by atoms with Gasteiger partial charge in [-0.05, 0) is 53.8 Å². The van der Waals surface area contributed by atoms with Gasteiger partial charge in [-0.2, -0.15) is 0 Å².